The summed E-state index contributed by atoms with van der Waals surface area (Å²) < 4.78 is 0. The van der Waals surface area contributed by atoms with Crippen LogP contribution in [0.25, 0.3) is 66.8 Å². The van der Waals surface area contributed by atoms with E-state index in [-0.39, 0.29) is 27.0 Å². The van der Waals surface area contributed by atoms with Crippen molar-refractivity contribution in [2.24, 2.45) is 0 Å². The van der Waals surface area contributed by atoms with Crippen molar-refractivity contribution < 1.29 is 19.6 Å². The molecule has 0 spiro atoms. The number of rotatable bonds is 6. The fourth-order valence-electron chi connectivity index (χ4n) is 17.5. The van der Waals surface area contributed by atoms with E-state index in [1.54, 1.807) is 0 Å². The van der Waals surface area contributed by atoms with Gasteiger partial charge < -0.3 is 19.6 Å². The predicted molar refractivity (Wildman–Crippen MR) is 321 cm³/mol. The van der Waals surface area contributed by atoms with Crippen LogP contribution < -0.4 is 10.6 Å². The zero-order chi connectivity index (χ0) is 52.8. The fourth-order valence-corrected chi connectivity index (χ4v) is 19.3. The van der Waals surface area contributed by atoms with Crippen molar-refractivity contribution in [3.63, 3.8) is 0 Å². The molecule has 4 N–H and O–H groups in total. The maximum absolute atomic E-state index is 11.9. The molecule has 76 heavy (non-hydrogen) atoms. The maximum Gasteiger partial charge on any atom is 0.201 e. The summed E-state index contributed by atoms with van der Waals surface area (Å²) in [6.07, 6.45) is 25.7. The molecule has 13 rings (SSSR count). The molecule has 7 aliphatic rings. The van der Waals surface area contributed by atoms with Gasteiger partial charge in [-0.2, -0.15) is 0 Å². The fraction of sp³-hybridized carbons (Fsp3) is 0.486. The molecule has 0 heterocycles. The third-order valence-electron chi connectivity index (χ3n) is 21.2. The first-order valence-electron chi connectivity index (χ1n) is 29.8. The summed E-state index contributed by atoms with van der Waals surface area (Å²) in [6.45, 7) is 19.7. The predicted octanol–water partition coefficient (Wildman–Crippen LogP) is 17.8. The number of hydrogen-bond donors (Lipinski definition) is 4. The van der Waals surface area contributed by atoms with Crippen LogP contribution in [0.1, 0.15) is 223 Å². The van der Waals surface area contributed by atoms with Crippen molar-refractivity contribution in [1.29, 1.82) is 0 Å². The van der Waals surface area contributed by atoms with E-state index in [9.17, 15) is 19.6 Å². The number of benzene rings is 6. The van der Waals surface area contributed by atoms with Crippen LogP contribution in [-0.4, -0.2) is 19.6 Å². The van der Waals surface area contributed by atoms with E-state index < -0.39 is 16.8 Å². The summed E-state index contributed by atoms with van der Waals surface area (Å²) in [4.78, 5) is 46.6. The third kappa shape index (κ3) is 7.94. The number of fused-ring (bicyclic) bond motifs is 17. The van der Waals surface area contributed by atoms with E-state index >= 15 is 0 Å². The highest BCUT2D eigenvalue weighted by atomic mass is 31.2. The van der Waals surface area contributed by atoms with E-state index in [1.165, 1.54) is 207 Å². The molecule has 0 unspecified atom stereocenters. The molecule has 0 aromatic heterocycles. The summed E-state index contributed by atoms with van der Waals surface area (Å²) in [5.41, 5.74) is 31.8. The Morgan fingerprint density at radius 3 is 0.868 bits per heavy atom. The molecule has 6 heteroatoms. The van der Waals surface area contributed by atoms with Crippen molar-refractivity contribution >= 4 is 27.4 Å². The average molecular weight is 1050 g/mol. The van der Waals surface area contributed by atoms with Gasteiger partial charge in [0.1, 0.15) is 0 Å². The van der Waals surface area contributed by atoms with Gasteiger partial charge >= 0.3 is 0 Å². The SMILES string of the molecule is Cc1cc2c(c(C3(C)CCCCC3)c1)-c1c3c(c4c(c1-c1c(cc(C)cc1C1(C)CCCCC1)C2)-c1c(cc(C)cc1C1(C)CCCCC1)Cc1cc(C)cc(C2(C)CCCCC2)c1-4)-c1c-3ccc(P(O)O)c1P(O)O. The Hall–Kier alpha value is -3.98. The van der Waals surface area contributed by atoms with Crippen LogP contribution >= 0.6 is 16.8 Å². The summed E-state index contributed by atoms with van der Waals surface area (Å²) in [6, 6.07) is 24.5. The minimum atomic E-state index is -2.73. The van der Waals surface area contributed by atoms with E-state index in [0.29, 0.717) is 5.30 Å². The first kappa shape index (κ1) is 51.5. The van der Waals surface area contributed by atoms with E-state index in [1.807, 2.05) is 6.07 Å². The molecule has 7 aliphatic carbocycles. The van der Waals surface area contributed by atoms with Crippen LogP contribution in [0.3, 0.4) is 0 Å². The smallest absolute Gasteiger partial charge is 0.201 e. The Labute approximate surface area is 457 Å². The zero-order valence-electron chi connectivity index (χ0n) is 47.0. The van der Waals surface area contributed by atoms with Crippen LogP contribution in [0.4, 0.5) is 0 Å². The number of aryl methyl sites for hydroxylation is 4. The van der Waals surface area contributed by atoms with E-state index in [4.69, 9.17) is 0 Å². The third-order valence-corrected chi connectivity index (χ3v) is 23.1. The summed E-state index contributed by atoms with van der Waals surface area (Å²) in [7, 11) is -5.37. The summed E-state index contributed by atoms with van der Waals surface area (Å²) in [5, 5.41) is 0.566. The van der Waals surface area contributed by atoms with Crippen molar-refractivity contribution in [1.82, 2.24) is 0 Å². The monoisotopic (exact) mass is 1050 g/mol. The minimum absolute atomic E-state index is 0.0239. The largest absolute Gasteiger partial charge is 0.347 e. The molecule has 0 aliphatic heterocycles. The first-order valence-corrected chi connectivity index (χ1v) is 32.3. The Morgan fingerprint density at radius 2 is 0.592 bits per heavy atom. The summed E-state index contributed by atoms with van der Waals surface area (Å²) >= 11 is 0. The second-order valence-corrected chi connectivity index (χ2v) is 29.0. The molecule has 4 saturated carbocycles. The van der Waals surface area contributed by atoms with Gasteiger partial charge in [-0.1, -0.05) is 182 Å². The summed E-state index contributed by atoms with van der Waals surface area (Å²) in [5.74, 6) is 0. The highest BCUT2D eigenvalue weighted by Crippen LogP contribution is 2.69. The lowest BCUT2D eigenvalue weighted by molar-refractivity contribution is 0.320. The molecule has 6 aromatic carbocycles. The highest BCUT2D eigenvalue weighted by Gasteiger charge is 2.48. The lowest BCUT2D eigenvalue weighted by Gasteiger charge is -2.43. The zero-order valence-corrected chi connectivity index (χ0v) is 48.8. The van der Waals surface area contributed by atoms with Gasteiger partial charge in [0.2, 0.25) is 8.38 Å². The Bertz CT molecular complexity index is 3390. The Balaban J connectivity index is 1.34. The minimum Gasteiger partial charge on any atom is -0.347 e. The van der Waals surface area contributed by atoms with Gasteiger partial charge in [-0.25, -0.2) is 0 Å². The molecule has 0 atom stereocenters. The Morgan fingerprint density at radius 1 is 0.316 bits per heavy atom. The lowest BCUT2D eigenvalue weighted by atomic mass is 9.61. The van der Waals surface area contributed by atoms with Crippen molar-refractivity contribution in [3.05, 3.63) is 127 Å². The van der Waals surface area contributed by atoms with Crippen LogP contribution in [0, 0.1) is 27.7 Å². The molecule has 6 aromatic rings. The Kier molecular flexibility index (Phi) is 12.7. The molecule has 0 saturated heterocycles. The topological polar surface area (TPSA) is 80.9 Å². The van der Waals surface area contributed by atoms with Gasteiger partial charge in [-0.05, 0) is 220 Å². The number of hydrogen-bond acceptors (Lipinski definition) is 4. The van der Waals surface area contributed by atoms with Crippen LogP contribution in [0.15, 0.2) is 60.7 Å². The van der Waals surface area contributed by atoms with Crippen molar-refractivity contribution in [2.45, 2.75) is 218 Å². The average Bonchev–Trinajstić information content (AvgIpc) is 3.79. The second kappa shape index (κ2) is 18.8. The highest BCUT2D eigenvalue weighted by molar-refractivity contribution is 7.61. The standard InChI is InChI=1S/C70H82O4P2/c1-41-31-45-39-46-32-42(2)36-51(68(6)25-15-10-16-26-68)56(46)62-61(55(45)50(35-41)67(5)23-13-9-14-24-67)59-49-21-22-54(75(71)72)66(76(73)74)60(49)65(59)64-58-48(34-44(4)38-53(58)70(8)29-19-12-20-30-70)40-47-33-43(3)37-52(57(47)63(62)64)69(7)27-17-11-18-28-69/h21-22,31-38,71-74H,9-20,23-30,39-40H2,1-8H3. The molecule has 0 bridgehead atoms. The van der Waals surface area contributed by atoms with Crippen LogP contribution in [-0.2, 0) is 34.5 Å². The maximum atomic E-state index is 11.9. The van der Waals surface area contributed by atoms with Crippen molar-refractivity contribution in [2.75, 3.05) is 0 Å². The quantitative estimate of drug-likeness (QED) is 0.125. The molecular weight excluding hydrogens is 967 g/mol. The molecule has 0 radical (unpaired) electrons. The van der Waals surface area contributed by atoms with Crippen molar-refractivity contribution in [3.8, 4) is 66.8 Å². The molecule has 0 amide bonds. The second-order valence-electron chi connectivity index (χ2n) is 26.9. The molecule has 396 valence electrons. The molecule has 4 fully saturated rings. The molecular formula is C70H82O4P2. The van der Waals surface area contributed by atoms with Crippen LogP contribution in [0.2, 0.25) is 0 Å². The first-order chi connectivity index (χ1) is 36.4. The van der Waals surface area contributed by atoms with Gasteiger partial charge in [0.05, 0.1) is 5.30 Å². The normalized spacial score (nSPS) is 20.4. The van der Waals surface area contributed by atoms with Gasteiger partial charge in [0, 0.05) is 16.4 Å². The van der Waals surface area contributed by atoms with Gasteiger partial charge in [-0.15, -0.1) is 0 Å². The van der Waals surface area contributed by atoms with E-state index in [2.05, 4.69) is 110 Å². The molecule has 4 nitrogen and oxygen atoms in total. The van der Waals surface area contributed by atoms with Crippen LogP contribution in [0.5, 0.6) is 0 Å². The van der Waals surface area contributed by atoms with Gasteiger partial charge in [-0.3, -0.25) is 0 Å². The van der Waals surface area contributed by atoms with Gasteiger partial charge in [0.15, 0.2) is 8.38 Å². The van der Waals surface area contributed by atoms with Gasteiger partial charge in [0.25, 0.3) is 0 Å². The lowest BCUT2D eigenvalue weighted by Crippen LogP contribution is -2.30. The van der Waals surface area contributed by atoms with E-state index in [0.717, 1.165) is 68.1 Å².